The van der Waals surface area contributed by atoms with Crippen molar-refractivity contribution in [3.63, 3.8) is 0 Å². The van der Waals surface area contributed by atoms with E-state index in [1.807, 2.05) is 0 Å². The summed E-state index contributed by atoms with van der Waals surface area (Å²) in [4.78, 5) is 88.3. The Kier molecular flexibility index (Phi) is 34.1. The van der Waals surface area contributed by atoms with Gasteiger partial charge in [-0.15, -0.1) is 0 Å². The maximum absolute atomic E-state index is 12.9. The van der Waals surface area contributed by atoms with Gasteiger partial charge in [0.15, 0.2) is 37.7 Å². The van der Waals surface area contributed by atoms with Crippen LogP contribution in [0.4, 0.5) is 0 Å². The summed E-state index contributed by atoms with van der Waals surface area (Å²) in [7, 11) is 0. The fourth-order valence-electron chi connectivity index (χ4n) is 14.6. The van der Waals surface area contributed by atoms with Gasteiger partial charge in [0, 0.05) is 47.5 Å². The Morgan fingerprint density at radius 2 is 0.681 bits per heavy atom. The minimum Gasteiger partial charge on any atom is -0.477 e. The summed E-state index contributed by atoms with van der Waals surface area (Å²) in [6, 6.07) is -8.97. The monoisotopic (exact) mass is 1700 g/mol. The van der Waals surface area contributed by atoms with Crippen molar-refractivity contribution in [1.82, 2.24) is 26.6 Å². The summed E-state index contributed by atoms with van der Waals surface area (Å²) in [6.45, 7) is -4.36. The minimum absolute atomic E-state index is 0.819. The number of rotatable bonds is 33. The fourth-order valence-corrected chi connectivity index (χ4v) is 14.6. The van der Waals surface area contributed by atoms with Gasteiger partial charge in [0.25, 0.3) is 11.6 Å². The number of aliphatic carboxylic acids is 2. The molecule has 52 nitrogen and oxygen atoms in total. The molecular formula is C64H105N5O47. The lowest BCUT2D eigenvalue weighted by Gasteiger charge is -2.50. The van der Waals surface area contributed by atoms with Crippen LogP contribution in [0.1, 0.15) is 47.5 Å². The zero-order valence-electron chi connectivity index (χ0n) is 62.3. The molecule has 8 saturated heterocycles. The highest BCUT2D eigenvalue weighted by Crippen LogP contribution is 2.41. The van der Waals surface area contributed by atoms with Crippen LogP contribution >= 0.6 is 0 Å². The van der Waals surface area contributed by atoms with E-state index in [4.69, 9.17) is 71.1 Å². The molecule has 0 spiro atoms. The van der Waals surface area contributed by atoms with Gasteiger partial charge in [-0.3, -0.25) is 24.0 Å². The second-order valence-corrected chi connectivity index (χ2v) is 29.0. The van der Waals surface area contributed by atoms with Gasteiger partial charge >= 0.3 is 11.9 Å². The van der Waals surface area contributed by atoms with Crippen molar-refractivity contribution < 1.29 is 232 Å². The van der Waals surface area contributed by atoms with Gasteiger partial charge in [-0.25, -0.2) is 9.59 Å². The quantitative estimate of drug-likeness (QED) is 0.0290. The highest BCUT2D eigenvalue weighted by molar-refractivity contribution is 5.78. The van der Waals surface area contributed by atoms with E-state index in [0.717, 1.165) is 34.6 Å². The van der Waals surface area contributed by atoms with Crippen LogP contribution in [0, 0.1) is 0 Å². The highest BCUT2D eigenvalue weighted by Gasteiger charge is 2.62. The van der Waals surface area contributed by atoms with E-state index in [1.54, 1.807) is 0 Å². The van der Waals surface area contributed by atoms with Crippen molar-refractivity contribution in [2.45, 2.75) is 304 Å². The van der Waals surface area contributed by atoms with E-state index < -0.39 is 364 Å². The summed E-state index contributed by atoms with van der Waals surface area (Å²) >= 11 is 0. The molecule has 8 heterocycles. The molecule has 52 heteroatoms. The number of carboxylic acids is 2. The van der Waals surface area contributed by atoms with Crippen molar-refractivity contribution >= 4 is 41.5 Å². The smallest absolute Gasteiger partial charge is 0.364 e. The number of aliphatic hydroxyl groups excluding tert-OH is 23. The van der Waals surface area contributed by atoms with Crippen molar-refractivity contribution in [3.05, 3.63) is 0 Å². The van der Waals surface area contributed by atoms with Crippen LogP contribution in [0.5, 0.6) is 0 Å². The van der Waals surface area contributed by atoms with Crippen LogP contribution in [-0.2, 0) is 105 Å². The Bertz CT molecular complexity index is 3240. The van der Waals surface area contributed by atoms with E-state index in [0.29, 0.717) is 0 Å². The largest absolute Gasteiger partial charge is 0.477 e. The van der Waals surface area contributed by atoms with Gasteiger partial charge < -0.3 is 225 Å². The lowest BCUT2D eigenvalue weighted by Crippen LogP contribution is -2.70. The molecule has 5 amide bonds. The predicted molar refractivity (Wildman–Crippen MR) is 357 cm³/mol. The van der Waals surface area contributed by atoms with E-state index in [-0.39, 0.29) is 0 Å². The lowest BCUT2D eigenvalue weighted by molar-refractivity contribution is -0.379. The summed E-state index contributed by atoms with van der Waals surface area (Å²) in [6.07, 6.45) is -76.4. The van der Waals surface area contributed by atoms with Gasteiger partial charge in [0.05, 0.1) is 77.1 Å². The molecule has 0 aromatic carbocycles. The molecular weight excluding hydrogens is 1590 g/mol. The molecule has 116 heavy (non-hydrogen) atoms. The van der Waals surface area contributed by atoms with Crippen LogP contribution < -0.4 is 26.6 Å². The van der Waals surface area contributed by atoms with Gasteiger partial charge in [-0.05, 0) is 0 Å². The maximum Gasteiger partial charge on any atom is 0.364 e. The number of nitrogens with one attached hydrogen (secondary N) is 5. The van der Waals surface area contributed by atoms with Crippen LogP contribution in [-0.4, -0.2) is 479 Å². The number of hydrogen-bond donors (Lipinski definition) is 30. The van der Waals surface area contributed by atoms with Crippen LogP contribution in [0.2, 0.25) is 0 Å². The van der Waals surface area contributed by atoms with Crippen molar-refractivity contribution in [2.75, 3.05) is 52.9 Å². The first-order valence-electron chi connectivity index (χ1n) is 36.4. The first kappa shape index (κ1) is 96.2. The minimum atomic E-state index is -3.05. The van der Waals surface area contributed by atoms with Gasteiger partial charge in [0.1, 0.15) is 183 Å². The maximum atomic E-state index is 12.9. The molecule has 668 valence electrons. The van der Waals surface area contributed by atoms with Crippen LogP contribution in [0.15, 0.2) is 0 Å². The van der Waals surface area contributed by atoms with Crippen LogP contribution in [0.3, 0.4) is 0 Å². The number of hydrogen-bond acceptors (Lipinski definition) is 45. The van der Waals surface area contributed by atoms with E-state index in [1.165, 1.54) is 0 Å². The molecule has 8 aliphatic heterocycles. The lowest BCUT2D eigenvalue weighted by atomic mass is 9.88. The summed E-state index contributed by atoms with van der Waals surface area (Å²) in [5.74, 6) is -14.6. The molecule has 0 saturated carbocycles. The van der Waals surface area contributed by atoms with Gasteiger partial charge in [-0.2, -0.15) is 0 Å². The molecule has 8 fully saturated rings. The van der Waals surface area contributed by atoms with E-state index in [9.17, 15) is 161 Å². The second kappa shape index (κ2) is 41.1. The SMILES string of the molecule is CC(=O)N[C@H]1[C@H](OC[C@H]2OC(O)[C@H](NC(C)=O)[C@@H](O[C@@H]3O[C@H](CO)[C@H](O)[C@H](O[C@@H]4O[C@H](CO)[C@@H](O[C@@H]5O[C@H](CO[C@]6(C(=O)O)C[C@H](O)[C@@H](NC(C)=O)[C@H]([C@H](O)[C@H](O)CO)O6)[C@H](O)[C@H](O)[C@H]5O)[C@H](O)[C@H]4NC(C)=O)[C@H]3O)[C@H]2O)O[C@H](CO)[C@@H](O[C@@H]2O[C@H](CO[C@]3(C(=O)O)C[C@H](O)[C@@H](NC(C)=O)[C@H]([C@H](O)[C@H](O)CO)O3)[C@H](O)[C@H](O)[C@H]2O)[C@@H]1O. The molecule has 8 aliphatic rings. The van der Waals surface area contributed by atoms with Crippen molar-refractivity contribution in [1.29, 1.82) is 0 Å². The first-order valence-corrected chi connectivity index (χ1v) is 36.4. The number of aliphatic hydroxyl groups is 23. The normalized spacial score (nSPS) is 44.6. The third-order valence-electron chi connectivity index (χ3n) is 20.6. The number of carbonyl (C=O) groups is 7. The molecule has 0 radical (unpaired) electrons. The molecule has 0 aromatic heterocycles. The Labute approximate surface area is 655 Å². The number of carboxylic acid groups (broad SMARTS) is 2. The molecule has 30 N–H and O–H groups in total. The summed E-state index contributed by atoms with van der Waals surface area (Å²) in [5.41, 5.74) is 0. The standard InChI is InChI=1S/C64H105N5O47/c1-16(75)65-31-21(80)6-63(61(98)99,115-52(31)36(84)23(82)8-70)103-14-29-38(86)44(92)46(94)58(109-29)111-49-26(11-73)107-56(33(42(49)90)67-18(3)77)102-13-28-41(89)51(35(55(97)105-28)69-20(5)79)113-60-48(96)54(40(88)25(10-72)106-60)114-57-34(68-19(4)78)43(91)50(27(12-74)108-57)112-59-47(95)45(93)39(87)30(110-59)15-104-64(62(100)101)7-22(81)32(66-17(2)76)53(116-64)37(85)24(83)9-71/h21-60,70-74,80-97H,6-15H2,1-5H3,(H,65,75)(H,66,76)(H,67,77)(H,68,78)(H,69,79)(H,98,99)(H,100,101)/t21-,22-,23+,24+,25+,26+,27+,28+,29+,30+,31+,32+,33+,34+,35+,36+,37+,38-,39-,40-,41-,42+,43+,44-,45-,46+,47+,48+,49+,50+,51+,52+,53+,54-,55?,56+,57-,58-,59-,60-,63+,64+/m0/s1. The van der Waals surface area contributed by atoms with Crippen molar-refractivity contribution in [3.8, 4) is 0 Å². The summed E-state index contributed by atoms with van der Waals surface area (Å²) < 4.78 is 86.6. The average molecular weight is 1700 g/mol. The third-order valence-corrected chi connectivity index (χ3v) is 20.6. The van der Waals surface area contributed by atoms with Gasteiger partial charge in [0.2, 0.25) is 29.5 Å². The Morgan fingerprint density at radius 3 is 1.07 bits per heavy atom. The molecule has 1 unspecified atom stereocenters. The third kappa shape index (κ3) is 21.6. The summed E-state index contributed by atoms with van der Waals surface area (Å²) in [5, 5.41) is 286. The van der Waals surface area contributed by atoms with Crippen molar-refractivity contribution in [2.24, 2.45) is 0 Å². The van der Waals surface area contributed by atoms with Gasteiger partial charge in [-0.1, -0.05) is 0 Å². The molecule has 42 atom stereocenters. The zero-order chi connectivity index (χ0) is 86.3. The van der Waals surface area contributed by atoms with Crippen LogP contribution in [0.25, 0.3) is 0 Å². The number of amides is 5. The molecule has 8 rings (SSSR count). The Balaban J connectivity index is 0.959. The Morgan fingerprint density at radius 1 is 0.353 bits per heavy atom. The predicted octanol–water partition coefficient (Wildman–Crippen LogP) is -19.3. The average Bonchev–Trinajstić information content (AvgIpc) is 0.770. The zero-order valence-corrected chi connectivity index (χ0v) is 62.3. The second-order valence-electron chi connectivity index (χ2n) is 29.0. The van der Waals surface area contributed by atoms with E-state index >= 15 is 0 Å². The van der Waals surface area contributed by atoms with E-state index in [2.05, 4.69) is 26.6 Å². The first-order chi connectivity index (χ1) is 54.4. The molecule has 0 aliphatic carbocycles. The number of ether oxygens (including phenoxy) is 15. The highest BCUT2D eigenvalue weighted by atomic mass is 16.8. The fraction of sp³-hybridized carbons (Fsp3) is 0.891. The molecule has 0 bridgehead atoms. The molecule has 0 aromatic rings. The number of carbonyl (C=O) groups excluding carboxylic acids is 5. The Hall–Kier alpha value is -5.23. The topological polar surface area (TPSA) is 824 Å².